The van der Waals surface area contributed by atoms with E-state index in [1.54, 1.807) is 12.1 Å². The molecule has 0 aromatic heterocycles. The van der Waals surface area contributed by atoms with Crippen molar-refractivity contribution < 1.29 is 18.3 Å². The molecule has 0 radical (unpaired) electrons. The molecule has 2 heterocycles. The zero-order chi connectivity index (χ0) is 22.2. The molecule has 1 N–H and O–H groups in total. The van der Waals surface area contributed by atoms with E-state index in [9.17, 15) is 13.5 Å². The Balaban J connectivity index is 1.63. The Kier molecular flexibility index (Phi) is 6.29. The Hall–Kier alpha value is -2.08. The lowest BCUT2D eigenvalue weighted by molar-refractivity contribution is 0.118. The molecule has 2 aromatic rings. The lowest BCUT2D eigenvalue weighted by Gasteiger charge is -2.17. The normalized spacial score (nSPS) is 22.9. The smallest absolute Gasteiger partial charge is 0.163 e. The molecule has 2 aromatic carbocycles. The maximum Gasteiger partial charge on any atom is 0.163 e. The van der Waals surface area contributed by atoms with Crippen molar-refractivity contribution in [3.8, 4) is 5.75 Å². The number of fused-ring (bicyclic) bond motifs is 1. The minimum absolute atomic E-state index is 0.129. The number of rotatable bonds is 6. The van der Waals surface area contributed by atoms with Crippen molar-refractivity contribution in [2.75, 3.05) is 12.4 Å². The molecule has 0 amide bonds. The van der Waals surface area contributed by atoms with Crippen molar-refractivity contribution in [3.63, 3.8) is 0 Å². The molecule has 2 aliphatic rings. The molecular weight excluding hydrogens is 432 g/mol. The van der Waals surface area contributed by atoms with Gasteiger partial charge in [0, 0.05) is 0 Å². The Labute approximate surface area is 189 Å². The van der Waals surface area contributed by atoms with Gasteiger partial charge in [0.05, 0.1) is 23.5 Å². The van der Waals surface area contributed by atoms with E-state index in [0.29, 0.717) is 17.9 Å². The highest BCUT2D eigenvalue weighted by Gasteiger charge is 2.47. The summed E-state index contributed by atoms with van der Waals surface area (Å²) in [5.41, 5.74) is 5.02. The lowest BCUT2D eigenvalue weighted by Crippen LogP contribution is -2.19. The number of hydrogen-bond acceptors (Lipinski definition) is 4. The molecule has 1 fully saturated rings. The number of hydrogen-bond donors (Lipinski definition) is 1. The van der Waals surface area contributed by atoms with Gasteiger partial charge in [-0.1, -0.05) is 55.8 Å². The lowest BCUT2D eigenvalue weighted by atomic mass is 9.90. The van der Waals surface area contributed by atoms with Crippen LogP contribution in [0.4, 0.5) is 0 Å². The first-order chi connectivity index (χ1) is 14.8. The number of phenolic OH excluding ortho intramolecular Hbond substituents is 1. The van der Waals surface area contributed by atoms with Gasteiger partial charge in [0.2, 0.25) is 0 Å². The molecule has 1 saturated heterocycles. The van der Waals surface area contributed by atoms with E-state index >= 15 is 0 Å². The molecule has 0 bridgehead atoms. The maximum absolute atomic E-state index is 12.6. The monoisotopic (exact) mass is 458 g/mol. The summed E-state index contributed by atoms with van der Waals surface area (Å²) in [5.74, 6) is 0.484. The molecule has 0 aliphatic carbocycles. The maximum atomic E-state index is 12.6. The van der Waals surface area contributed by atoms with Crippen LogP contribution in [-0.4, -0.2) is 37.2 Å². The van der Waals surface area contributed by atoms with Crippen molar-refractivity contribution in [1.82, 2.24) is 0 Å². The number of allylic oxidation sites excluding steroid dienone is 1. The first-order valence-electron chi connectivity index (χ1n) is 10.6. The highest BCUT2D eigenvalue weighted by molar-refractivity contribution is 7.92. The van der Waals surface area contributed by atoms with Crippen LogP contribution in [0, 0.1) is 5.92 Å². The van der Waals surface area contributed by atoms with Crippen LogP contribution in [-0.2, 0) is 14.6 Å². The standard InChI is InChI=1S/C25H27ClO4S/c1-16(2)21-15-31(28,29)24-14-30-23(25(21)24)11-9-18(17-6-4-3-5-7-17)12-19-8-10-20(27)13-22(19)26/h3-8,10,12-13,16,23-24,27H,9,11,14-15H2,1-2H3/b18-12-/t23-,24+/m1/s1. The van der Waals surface area contributed by atoms with Crippen molar-refractivity contribution in [1.29, 1.82) is 0 Å². The minimum Gasteiger partial charge on any atom is -0.508 e. The first-order valence-corrected chi connectivity index (χ1v) is 12.7. The van der Waals surface area contributed by atoms with Gasteiger partial charge in [-0.25, -0.2) is 8.42 Å². The van der Waals surface area contributed by atoms with Crippen LogP contribution in [0.1, 0.15) is 37.8 Å². The second kappa shape index (κ2) is 8.81. The molecule has 2 atom stereocenters. The zero-order valence-electron chi connectivity index (χ0n) is 17.7. The molecule has 0 unspecified atom stereocenters. The summed E-state index contributed by atoms with van der Waals surface area (Å²) in [7, 11) is -3.15. The topological polar surface area (TPSA) is 63.6 Å². The van der Waals surface area contributed by atoms with Crippen molar-refractivity contribution in [3.05, 3.63) is 75.8 Å². The molecule has 6 heteroatoms. The van der Waals surface area contributed by atoms with Gasteiger partial charge in [-0.05, 0) is 70.9 Å². The Bertz CT molecular complexity index is 1130. The average Bonchev–Trinajstić information content (AvgIpc) is 3.27. The third-order valence-corrected chi connectivity index (χ3v) is 8.43. The molecule has 164 valence electrons. The average molecular weight is 459 g/mol. The van der Waals surface area contributed by atoms with Crippen LogP contribution in [0.2, 0.25) is 5.02 Å². The molecule has 4 nitrogen and oxygen atoms in total. The van der Waals surface area contributed by atoms with Gasteiger partial charge in [-0.2, -0.15) is 0 Å². The van der Waals surface area contributed by atoms with E-state index in [2.05, 4.69) is 26.0 Å². The van der Waals surface area contributed by atoms with Crippen LogP contribution >= 0.6 is 11.6 Å². The third kappa shape index (κ3) is 4.59. The second-order valence-electron chi connectivity index (χ2n) is 8.53. The predicted octanol–water partition coefficient (Wildman–Crippen LogP) is 5.51. The first kappa shape index (κ1) is 22.1. The van der Waals surface area contributed by atoms with Gasteiger partial charge in [0.1, 0.15) is 11.0 Å². The summed E-state index contributed by atoms with van der Waals surface area (Å²) in [6.07, 6.45) is 3.27. The molecule has 0 saturated carbocycles. The fourth-order valence-electron chi connectivity index (χ4n) is 4.50. The van der Waals surface area contributed by atoms with Crippen molar-refractivity contribution in [2.24, 2.45) is 5.92 Å². The fourth-order valence-corrected chi connectivity index (χ4v) is 6.84. The summed E-state index contributed by atoms with van der Waals surface area (Å²) in [6.45, 7) is 4.36. The van der Waals surface area contributed by atoms with E-state index in [1.807, 2.05) is 24.3 Å². The van der Waals surface area contributed by atoms with E-state index in [1.165, 1.54) is 6.07 Å². The van der Waals surface area contributed by atoms with Gasteiger partial charge in [-0.15, -0.1) is 0 Å². The van der Waals surface area contributed by atoms with Crippen molar-refractivity contribution in [2.45, 2.75) is 38.0 Å². The minimum atomic E-state index is -3.15. The SMILES string of the molecule is CC(C)C1=C2[C@@H](CC/C(=C/c3ccc(O)cc3Cl)c3ccccc3)OC[C@@H]2S(=O)(=O)C1. The molecule has 2 aliphatic heterocycles. The zero-order valence-corrected chi connectivity index (χ0v) is 19.3. The van der Waals surface area contributed by atoms with Crippen molar-refractivity contribution >= 4 is 33.1 Å². The Morgan fingerprint density at radius 2 is 1.97 bits per heavy atom. The molecule has 31 heavy (non-hydrogen) atoms. The van der Waals surface area contributed by atoms with Gasteiger partial charge < -0.3 is 9.84 Å². The number of ether oxygens (including phenoxy) is 1. The van der Waals surface area contributed by atoms with E-state index in [4.69, 9.17) is 16.3 Å². The largest absolute Gasteiger partial charge is 0.508 e. The van der Waals surface area contributed by atoms with Gasteiger partial charge in [0.15, 0.2) is 9.84 Å². The highest BCUT2D eigenvalue weighted by atomic mass is 35.5. The van der Waals surface area contributed by atoms with Gasteiger partial charge in [-0.3, -0.25) is 0 Å². The summed E-state index contributed by atoms with van der Waals surface area (Å²) in [6, 6.07) is 15.0. The van der Waals surface area contributed by atoms with Crippen LogP contribution in [0.5, 0.6) is 5.75 Å². The molecule has 0 spiro atoms. The van der Waals surface area contributed by atoms with Crippen LogP contribution in [0.3, 0.4) is 0 Å². The Morgan fingerprint density at radius 3 is 2.65 bits per heavy atom. The third-order valence-electron chi connectivity index (χ3n) is 6.13. The van der Waals surface area contributed by atoms with Crippen LogP contribution < -0.4 is 0 Å². The number of aromatic hydroxyl groups is 1. The number of benzene rings is 2. The highest BCUT2D eigenvalue weighted by Crippen LogP contribution is 2.41. The quantitative estimate of drug-likeness (QED) is 0.457. The van der Waals surface area contributed by atoms with Crippen LogP contribution in [0.15, 0.2) is 59.7 Å². The summed E-state index contributed by atoms with van der Waals surface area (Å²) in [5, 5.41) is 9.66. The summed E-state index contributed by atoms with van der Waals surface area (Å²) < 4.78 is 31.2. The van der Waals surface area contributed by atoms with Crippen LogP contribution in [0.25, 0.3) is 11.6 Å². The van der Waals surface area contributed by atoms with Gasteiger partial charge >= 0.3 is 0 Å². The van der Waals surface area contributed by atoms with E-state index < -0.39 is 15.1 Å². The molecule has 4 rings (SSSR count). The summed E-state index contributed by atoms with van der Waals surface area (Å²) >= 11 is 6.34. The van der Waals surface area contributed by atoms with Gasteiger partial charge in [0.25, 0.3) is 0 Å². The molecular formula is C25H27ClO4S. The number of sulfone groups is 1. The van der Waals surface area contributed by atoms with E-state index in [0.717, 1.165) is 27.8 Å². The second-order valence-corrected chi connectivity index (χ2v) is 11.1. The number of halogens is 1. The summed E-state index contributed by atoms with van der Waals surface area (Å²) in [4.78, 5) is 0. The number of phenols is 1. The Morgan fingerprint density at radius 1 is 1.23 bits per heavy atom. The predicted molar refractivity (Wildman–Crippen MR) is 126 cm³/mol. The fraction of sp³-hybridized carbons (Fsp3) is 0.360. The van der Waals surface area contributed by atoms with E-state index in [-0.39, 0.29) is 30.1 Å².